The van der Waals surface area contributed by atoms with E-state index in [0.29, 0.717) is 61.2 Å². The Morgan fingerprint density at radius 3 is 1.11 bits per heavy atom. The van der Waals surface area contributed by atoms with E-state index in [0.717, 1.165) is 22.3 Å². The maximum Gasteiger partial charge on any atom is 0.258 e. The zero-order valence-electron chi connectivity index (χ0n) is 40.5. The lowest BCUT2D eigenvalue weighted by Gasteiger charge is -2.30. The number of para-hydroxylation sites is 2. The molecule has 2 N–H and O–H groups in total. The van der Waals surface area contributed by atoms with Gasteiger partial charge in [0.25, 0.3) is 11.8 Å². The van der Waals surface area contributed by atoms with Crippen LogP contribution in [-0.4, -0.2) is 71.8 Å². The number of nitrogens with one attached hydrogen (secondary N) is 2. The molecule has 2 heterocycles. The number of carbonyl (C=O) groups excluding carboxylic acids is 4. The van der Waals surface area contributed by atoms with E-state index in [1.807, 2.05) is 172 Å². The van der Waals surface area contributed by atoms with Gasteiger partial charge in [0.1, 0.15) is 23.6 Å². The summed E-state index contributed by atoms with van der Waals surface area (Å²) in [5.74, 6) is 0.207. The zero-order valence-corrected chi connectivity index (χ0v) is 40.5. The van der Waals surface area contributed by atoms with Gasteiger partial charge in [-0.15, -0.1) is 0 Å². The minimum Gasteiger partial charge on any atom is -0.490 e. The maximum absolute atomic E-state index is 13.7. The fourth-order valence-corrected chi connectivity index (χ4v) is 8.67. The molecular formula is C60H64N4O6. The van der Waals surface area contributed by atoms with Gasteiger partial charge in [-0.05, 0) is 73.2 Å². The molecule has 0 saturated carbocycles. The number of amides is 4. The molecule has 70 heavy (non-hydrogen) atoms. The first kappa shape index (κ1) is 50.2. The van der Waals surface area contributed by atoms with Gasteiger partial charge in [-0.1, -0.05) is 170 Å². The number of likely N-dealkylation sites (N-methyl/N-ethyl adjacent to an activating group) is 2. The van der Waals surface area contributed by atoms with Crippen LogP contribution in [-0.2, 0) is 22.4 Å². The highest BCUT2D eigenvalue weighted by atomic mass is 16.5. The Labute approximate surface area is 413 Å². The third kappa shape index (κ3) is 13.7. The van der Waals surface area contributed by atoms with Gasteiger partial charge in [-0.25, -0.2) is 0 Å². The normalized spacial score (nSPS) is 22.3. The summed E-state index contributed by atoms with van der Waals surface area (Å²) in [6, 6.07) is 52.2. The number of hydrogen-bond acceptors (Lipinski definition) is 6. The van der Waals surface area contributed by atoms with Gasteiger partial charge in [0.05, 0.1) is 35.4 Å². The van der Waals surface area contributed by atoms with Gasteiger partial charge < -0.3 is 29.9 Å². The van der Waals surface area contributed by atoms with Crippen molar-refractivity contribution < 1.29 is 28.7 Å². The lowest BCUT2D eigenvalue weighted by atomic mass is 9.99. The molecule has 0 bridgehead atoms. The standard InChI is InChI=1S/2C30H32N2O3/c2*1-22-13-9-11-19-26(24-16-7-4-8-17-24)31-29(33)27(21-23-14-5-3-6-15-23)32(2)30(34)25-18-10-12-20-28(25)35-22/h2*3-12,14-18,20,22,26-27H,13,19,21H2,1-2H3,(H,31,33)/b11-9+;11-9-/t2*22-,26-,27-/m00/s1. The highest BCUT2D eigenvalue weighted by Crippen LogP contribution is 2.27. The third-order valence-electron chi connectivity index (χ3n) is 12.7. The van der Waals surface area contributed by atoms with Crippen LogP contribution in [0, 0.1) is 0 Å². The Bertz CT molecular complexity index is 2510. The molecule has 6 atom stereocenters. The maximum atomic E-state index is 13.7. The minimum atomic E-state index is -0.687. The van der Waals surface area contributed by atoms with Crippen LogP contribution in [0.3, 0.4) is 0 Å². The molecule has 10 heteroatoms. The van der Waals surface area contributed by atoms with E-state index in [4.69, 9.17) is 9.47 Å². The summed E-state index contributed by atoms with van der Waals surface area (Å²) in [7, 11) is 3.39. The van der Waals surface area contributed by atoms with E-state index >= 15 is 0 Å². The van der Waals surface area contributed by atoms with Crippen molar-refractivity contribution in [2.75, 3.05) is 14.1 Å². The second kappa shape index (κ2) is 25.1. The average molecular weight is 937 g/mol. The SMILES string of the molecule is C[C@H]1C/C=C/C[C@@H](c2ccccc2)NC(=O)[C@H](Cc2ccccc2)N(C)C(=O)c2ccccc2O1.C[C@H]1C/C=C\C[C@@H](c2ccccc2)NC(=O)[C@H](Cc2ccccc2)N(C)C(=O)c2ccccc2O1. The molecule has 0 spiro atoms. The summed E-state index contributed by atoms with van der Waals surface area (Å²) in [6.45, 7) is 3.99. The van der Waals surface area contributed by atoms with E-state index in [-0.39, 0.29) is 47.9 Å². The summed E-state index contributed by atoms with van der Waals surface area (Å²) >= 11 is 0. The van der Waals surface area contributed by atoms with Crippen molar-refractivity contribution in [2.45, 2.75) is 88.7 Å². The Kier molecular flexibility index (Phi) is 18.0. The van der Waals surface area contributed by atoms with Crippen molar-refractivity contribution >= 4 is 23.6 Å². The Hall–Kier alpha value is -7.72. The van der Waals surface area contributed by atoms with Crippen LogP contribution in [0.2, 0.25) is 0 Å². The predicted octanol–water partition coefficient (Wildman–Crippen LogP) is 10.7. The third-order valence-corrected chi connectivity index (χ3v) is 12.7. The quantitative estimate of drug-likeness (QED) is 0.161. The summed E-state index contributed by atoms with van der Waals surface area (Å²) in [4.78, 5) is 57.9. The van der Waals surface area contributed by atoms with Crippen molar-refractivity contribution in [2.24, 2.45) is 0 Å². The summed E-state index contributed by atoms with van der Waals surface area (Å²) in [5, 5.41) is 6.46. The van der Waals surface area contributed by atoms with Gasteiger partial charge >= 0.3 is 0 Å². The first-order valence-electron chi connectivity index (χ1n) is 24.2. The van der Waals surface area contributed by atoms with Crippen LogP contribution < -0.4 is 20.1 Å². The molecule has 6 aromatic carbocycles. The summed E-state index contributed by atoms with van der Waals surface area (Å²) in [6.07, 6.45) is 11.7. The molecule has 6 aromatic rings. The molecule has 0 aliphatic carbocycles. The van der Waals surface area contributed by atoms with E-state index in [1.165, 1.54) is 0 Å². The fraction of sp³-hybridized carbons (Fsp3) is 0.267. The van der Waals surface area contributed by atoms with Crippen LogP contribution in [0.25, 0.3) is 0 Å². The number of nitrogens with zero attached hydrogens (tertiary/aromatic N) is 2. The Morgan fingerprint density at radius 2 is 0.743 bits per heavy atom. The van der Waals surface area contributed by atoms with Gasteiger partial charge in [0.15, 0.2) is 0 Å². The second-order valence-corrected chi connectivity index (χ2v) is 17.9. The number of fused-ring (bicyclic) bond motifs is 2. The number of rotatable bonds is 6. The van der Waals surface area contributed by atoms with Crippen molar-refractivity contribution in [1.82, 2.24) is 20.4 Å². The van der Waals surface area contributed by atoms with Crippen molar-refractivity contribution in [3.05, 3.63) is 228 Å². The zero-order chi connectivity index (χ0) is 49.2. The van der Waals surface area contributed by atoms with E-state index < -0.39 is 12.1 Å². The molecule has 10 nitrogen and oxygen atoms in total. The molecule has 360 valence electrons. The smallest absolute Gasteiger partial charge is 0.258 e. The van der Waals surface area contributed by atoms with Crippen molar-refractivity contribution in [3.8, 4) is 11.5 Å². The van der Waals surface area contributed by atoms with Crippen LogP contribution in [0.1, 0.15) is 94.6 Å². The van der Waals surface area contributed by atoms with E-state index in [9.17, 15) is 19.2 Å². The van der Waals surface area contributed by atoms with Crippen LogP contribution in [0.5, 0.6) is 11.5 Å². The van der Waals surface area contributed by atoms with Crippen molar-refractivity contribution in [1.29, 1.82) is 0 Å². The fourth-order valence-electron chi connectivity index (χ4n) is 8.67. The topological polar surface area (TPSA) is 117 Å². The van der Waals surface area contributed by atoms with Crippen LogP contribution >= 0.6 is 0 Å². The van der Waals surface area contributed by atoms with Gasteiger partial charge in [0, 0.05) is 39.8 Å². The average Bonchev–Trinajstić information content (AvgIpc) is 3.39. The van der Waals surface area contributed by atoms with Crippen molar-refractivity contribution in [3.63, 3.8) is 0 Å². The van der Waals surface area contributed by atoms with Gasteiger partial charge in [-0.3, -0.25) is 19.2 Å². The predicted molar refractivity (Wildman–Crippen MR) is 277 cm³/mol. The van der Waals surface area contributed by atoms with Gasteiger partial charge in [0.2, 0.25) is 11.8 Å². The monoisotopic (exact) mass is 936 g/mol. The Morgan fingerprint density at radius 1 is 0.429 bits per heavy atom. The first-order valence-corrected chi connectivity index (χ1v) is 24.2. The first-order chi connectivity index (χ1) is 34.0. The van der Waals surface area contributed by atoms with E-state index in [1.54, 1.807) is 36.0 Å². The number of ether oxygens (including phenoxy) is 2. The van der Waals surface area contributed by atoms with Crippen LogP contribution in [0.4, 0.5) is 0 Å². The lowest BCUT2D eigenvalue weighted by molar-refractivity contribution is -0.126. The molecule has 2 aliphatic heterocycles. The largest absolute Gasteiger partial charge is 0.490 e. The molecule has 0 unspecified atom stereocenters. The molecule has 4 amide bonds. The molecule has 0 radical (unpaired) electrons. The number of benzene rings is 6. The molecule has 8 rings (SSSR count). The molecule has 0 aromatic heterocycles. The molecule has 0 saturated heterocycles. The molecule has 2 aliphatic rings. The minimum absolute atomic E-state index is 0.0988. The number of carbonyl (C=O) groups is 4. The van der Waals surface area contributed by atoms with Crippen LogP contribution in [0.15, 0.2) is 194 Å². The molecular weight excluding hydrogens is 873 g/mol. The summed E-state index contributed by atoms with van der Waals surface area (Å²) < 4.78 is 12.3. The second-order valence-electron chi connectivity index (χ2n) is 17.9. The van der Waals surface area contributed by atoms with E-state index in [2.05, 4.69) is 34.9 Å². The number of hydrogen-bond donors (Lipinski definition) is 2. The highest BCUT2D eigenvalue weighted by Gasteiger charge is 2.33. The molecule has 0 fully saturated rings. The van der Waals surface area contributed by atoms with Gasteiger partial charge in [-0.2, -0.15) is 0 Å². The Balaban J connectivity index is 0.000000206. The summed E-state index contributed by atoms with van der Waals surface area (Å²) in [5.41, 5.74) is 4.94. The highest BCUT2D eigenvalue weighted by molar-refractivity contribution is 6.00. The lowest BCUT2D eigenvalue weighted by Crippen LogP contribution is -2.49.